The van der Waals surface area contributed by atoms with Crippen molar-refractivity contribution in [1.29, 1.82) is 5.26 Å². The predicted octanol–water partition coefficient (Wildman–Crippen LogP) is 4.24. The summed E-state index contributed by atoms with van der Waals surface area (Å²) in [5, 5.41) is 13.4. The van der Waals surface area contributed by atoms with Crippen molar-refractivity contribution in [1.82, 2.24) is 10.3 Å². The van der Waals surface area contributed by atoms with Gasteiger partial charge in [0.15, 0.2) is 5.78 Å². The number of hydrogen-bond acceptors (Lipinski definition) is 3. The molecule has 5 nitrogen and oxygen atoms in total. The van der Waals surface area contributed by atoms with Crippen molar-refractivity contribution >= 4 is 38.5 Å². The summed E-state index contributed by atoms with van der Waals surface area (Å²) in [4.78, 5) is 29.2. The molecule has 6 heteroatoms. The molecule has 1 aromatic carbocycles. The van der Waals surface area contributed by atoms with E-state index in [2.05, 4.69) is 32.3 Å². The molecule has 2 fully saturated rings. The highest BCUT2D eigenvalue weighted by Crippen LogP contribution is 2.50. The highest BCUT2D eigenvalue weighted by Gasteiger charge is 2.58. The van der Waals surface area contributed by atoms with Crippen LogP contribution in [-0.2, 0) is 4.79 Å². The second-order valence-corrected chi connectivity index (χ2v) is 8.45. The molecule has 0 saturated heterocycles. The number of Topliss-reactive ketones (excluding diaryl/α,β-unsaturated/α-hetero) is 1. The number of fused-ring (bicyclic) bond motifs is 1. The molecular weight excluding hydrogens is 394 g/mol. The van der Waals surface area contributed by atoms with Crippen LogP contribution in [-0.4, -0.2) is 22.2 Å². The molecule has 0 atom stereocenters. The lowest BCUT2D eigenvalue weighted by Crippen LogP contribution is -2.58. The van der Waals surface area contributed by atoms with Crippen molar-refractivity contribution < 1.29 is 9.59 Å². The molecule has 0 spiro atoms. The first-order valence-electron chi connectivity index (χ1n) is 9.05. The number of halogens is 1. The van der Waals surface area contributed by atoms with E-state index in [1.807, 2.05) is 18.2 Å². The maximum absolute atomic E-state index is 13.2. The second kappa shape index (κ2) is 6.24. The maximum atomic E-state index is 13.2. The van der Waals surface area contributed by atoms with E-state index in [1.54, 1.807) is 6.07 Å². The number of carbonyl (C=O) groups is 2. The topological polar surface area (TPSA) is 85.8 Å². The summed E-state index contributed by atoms with van der Waals surface area (Å²) in [6, 6.07) is 9.77. The SMILES string of the molecule is N#CC1(C(=O)C2(NC(=O)c3cc4cc(Br)ccc4[nH]3)CCCCC2)CC1. The van der Waals surface area contributed by atoms with Gasteiger partial charge < -0.3 is 10.3 Å². The van der Waals surface area contributed by atoms with Crippen LogP contribution in [0.25, 0.3) is 10.9 Å². The van der Waals surface area contributed by atoms with Gasteiger partial charge in [-0.25, -0.2) is 0 Å². The van der Waals surface area contributed by atoms with Gasteiger partial charge in [-0.2, -0.15) is 5.26 Å². The van der Waals surface area contributed by atoms with Crippen LogP contribution in [0.2, 0.25) is 0 Å². The zero-order chi connectivity index (χ0) is 18.4. The lowest BCUT2D eigenvalue weighted by Gasteiger charge is -2.38. The van der Waals surface area contributed by atoms with Gasteiger partial charge >= 0.3 is 0 Å². The standard InChI is InChI=1S/C20H20BrN3O2/c21-14-4-5-15-13(10-14)11-16(23-15)17(25)24-20(6-2-1-3-7-20)18(26)19(12-22)8-9-19/h4-5,10-11,23H,1-3,6-9H2,(H,24,25). The third-order valence-electron chi connectivity index (χ3n) is 5.72. The third-order valence-corrected chi connectivity index (χ3v) is 6.21. The van der Waals surface area contributed by atoms with E-state index in [1.165, 1.54) is 0 Å². The number of benzene rings is 1. The molecule has 0 unspecified atom stereocenters. The zero-order valence-electron chi connectivity index (χ0n) is 14.4. The molecule has 2 saturated carbocycles. The number of hydrogen-bond donors (Lipinski definition) is 2. The smallest absolute Gasteiger partial charge is 0.268 e. The Kier molecular flexibility index (Phi) is 4.15. The number of nitrogens with zero attached hydrogens (tertiary/aromatic N) is 1. The van der Waals surface area contributed by atoms with Crippen molar-refractivity contribution in [2.45, 2.75) is 50.5 Å². The molecule has 1 amide bonds. The Labute approximate surface area is 160 Å². The lowest BCUT2D eigenvalue weighted by molar-refractivity contribution is -0.130. The number of H-pyrrole nitrogens is 1. The summed E-state index contributed by atoms with van der Waals surface area (Å²) in [7, 11) is 0. The fraction of sp³-hybridized carbons (Fsp3) is 0.450. The van der Waals surface area contributed by atoms with Gasteiger partial charge in [-0.1, -0.05) is 35.2 Å². The number of rotatable bonds is 4. The molecule has 0 bridgehead atoms. The first kappa shape index (κ1) is 17.3. The maximum Gasteiger partial charge on any atom is 0.268 e. The lowest BCUT2D eigenvalue weighted by atomic mass is 9.73. The molecule has 134 valence electrons. The van der Waals surface area contributed by atoms with E-state index in [-0.39, 0.29) is 11.7 Å². The fourth-order valence-electron chi connectivity index (χ4n) is 4.05. The van der Waals surface area contributed by atoms with Gasteiger partial charge in [0.05, 0.1) is 6.07 Å². The van der Waals surface area contributed by atoms with Crippen LogP contribution in [0, 0.1) is 16.7 Å². The van der Waals surface area contributed by atoms with E-state index in [0.717, 1.165) is 34.6 Å². The van der Waals surface area contributed by atoms with Crippen LogP contribution < -0.4 is 5.32 Å². The molecule has 2 aliphatic rings. The molecule has 26 heavy (non-hydrogen) atoms. The molecule has 4 rings (SSSR count). The van der Waals surface area contributed by atoms with Crippen LogP contribution in [0.5, 0.6) is 0 Å². The van der Waals surface area contributed by atoms with Crippen molar-refractivity contribution in [3.05, 3.63) is 34.4 Å². The minimum Gasteiger partial charge on any atom is -0.351 e. The predicted molar refractivity (Wildman–Crippen MR) is 102 cm³/mol. The quantitative estimate of drug-likeness (QED) is 0.785. The average Bonchev–Trinajstić information content (AvgIpc) is 3.33. The monoisotopic (exact) mass is 413 g/mol. The number of aromatic nitrogens is 1. The molecule has 2 aromatic rings. The largest absolute Gasteiger partial charge is 0.351 e. The minimum atomic E-state index is -0.903. The molecule has 1 heterocycles. The third kappa shape index (κ3) is 2.84. The van der Waals surface area contributed by atoms with Gasteiger partial charge in [-0.05, 0) is 49.9 Å². The Hall–Kier alpha value is -2.13. The van der Waals surface area contributed by atoms with Crippen LogP contribution in [0.1, 0.15) is 55.4 Å². The van der Waals surface area contributed by atoms with Gasteiger partial charge in [0, 0.05) is 15.4 Å². The van der Waals surface area contributed by atoms with Crippen molar-refractivity contribution in [2.24, 2.45) is 5.41 Å². The van der Waals surface area contributed by atoms with Crippen LogP contribution >= 0.6 is 15.9 Å². The molecule has 2 N–H and O–H groups in total. The number of carbonyl (C=O) groups excluding carboxylic acids is 2. The number of amides is 1. The molecule has 1 aromatic heterocycles. The fourth-order valence-corrected chi connectivity index (χ4v) is 4.43. The normalized spacial score (nSPS) is 20.3. The molecular formula is C20H20BrN3O2. The van der Waals surface area contributed by atoms with Gasteiger partial charge in [0.25, 0.3) is 5.91 Å². The van der Waals surface area contributed by atoms with Gasteiger partial charge in [0.1, 0.15) is 16.6 Å². The Morgan fingerprint density at radius 2 is 1.85 bits per heavy atom. The number of nitrogens with one attached hydrogen (secondary N) is 2. The Balaban J connectivity index is 1.63. The minimum absolute atomic E-state index is 0.0839. The summed E-state index contributed by atoms with van der Waals surface area (Å²) in [6.45, 7) is 0. The second-order valence-electron chi connectivity index (χ2n) is 7.53. The Bertz CT molecular complexity index is 930. The summed E-state index contributed by atoms with van der Waals surface area (Å²) >= 11 is 3.43. The average molecular weight is 414 g/mol. The van der Waals surface area contributed by atoms with E-state index >= 15 is 0 Å². The summed E-state index contributed by atoms with van der Waals surface area (Å²) in [5.41, 5.74) is -0.467. The van der Waals surface area contributed by atoms with E-state index < -0.39 is 11.0 Å². The van der Waals surface area contributed by atoms with E-state index in [0.29, 0.717) is 31.4 Å². The highest BCUT2D eigenvalue weighted by molar-refractivity contribution is 9.10. The summed E-state index contributed by atoms with van der Waals surface area (Å²) in [6.07, 6.45) is 5.31. The van der Waals surface area contributed by atoms with Crippen LogP contribution in [0.3, 0.4) is 0 Å². The number of aromatic amines is 1. The molecule has 0 aliphatic heterocycles. The Morgan fingerprint density at radius 3 is 2.50 bits per heavy atom. The van der Waals surface area contributed by atoms with Crippen molar-refractivity contribution in [2.75, 3.05) is 0 Å². The van der Waals surface area contributed by atoms with Crippen molar-refractivity contribution in [3.63, 3.8) is 0 Å². The zero-order valence-corrected chi connectivity index (χ0v) is 16.0. The van der Waals surface area contributed by atoms with Crippen molar-refractivity contribution in [3.8, 4) is 6.07 Å². The Morgan fingerprint density at radius 1 is 1.12 bits per heavy atom. The number of ketones is 1. The van der Waals surface area contributed by atoms with Crippen LogP contribution in [0.15, 0.2) is 28.7 Å². The van der Waals surface area contributed by atoms with Gasteiger partial charge in [-0.15, -0.1) is 0 Å². The first-order valence-corrected chi connectivity index (χ1v) is 9.84. The summed E-state index contributed by atoms with van der Waals surface area (Å²) in [5.74, 6) is -0.360. The van der Waals surface area contributed by atoms with Gasteiger partial charge in [-0.3, -0.25) is 9.59 Å². The van der Waals surface area contributed by atoms with E-state index in [4.69, 9.17) is 0 Å². The van der Waals surface area contributed by atoms with Crippen LogP contribution in [0.4, 0.5) is 0 Å². The first-order chi connectivity index (χ1) is 12.5. The summed E-state index contributed by atoms with van der Waals surface area (Å²) < 4.78 is 0.944. The van der Waals surface area contributed by atoms with E-state index in [9.17, 15) is 14.9 Å². The molecule has 2 aliphatic carbocycles. The highest BCUT2D eigenvalue weighted by atomic mass is 79.9. The van der Waals surface area contributed by atoms with Gasteiger partial charge in [0.2, 0.25) is 0 Å². The number of nitriles is 1. The molecule has 0 radical (unpaired) electrons.